The van der Waals surface area contributed by atoms with Crippen molar-refractivity contribution in [3.05, 3.63) is 28.5 Å². The average molecular weight is 196 g/mol. The van der Waals surface area contributed by atoms with Crippen molar-refractivity contribution in [2.45, 2.75) is 30.8 Å². The predicted molar refractivity (Wildman–Crippen MR) is 50.0 cm³/mol. The molecule has 3 atom stereocenters. The molecule has 0 amide bonds. The number of hydrogen-bond donors (Lipinski definition) is 1. The van der Waals surface area contributed by atoms with Gasteiger partial charge in [-0.15, -0.1) is 0 Å². The number of aromatic nitrogens is 1. The third-order valence-corrected chi connectivity index (χ3v) is 3.45. The maximum atomic E-state index is 9.67. The molecular weight excluding hydrogens is 186 g/mol. The molecule has 68 valence electrons. The second kappa shape index (κ2) is 2.46. The molecule has 1 aromatic heterocycles. The molecule has 0 saturated heterocycles. The normalized spacial score (nSPS) is 35.1. The Morgan fingerprint density at radius 2 is 2.23 bits per heavy atom. The molecule has 3 rings (SSSR count). The quantitative estimate of drug-likeness (QED) is 0.643. The first kappa shape index (κ1) is 7.77. The van der Waals surface area contributed by atoms with Crippen molar-refractivity contribution >= 4 is 11.6 Å². The van der Waals surface area contributed by atoms with E-state index in [4.69, 9.17) is 11.6 Å². The van der Waals surface area contributed by atoms with Crippen molar-refractivity contribution in [1.82, 2.24) is 4.98 Å². The monoisotopic (exact) mass is 195 g/mol. The molecule has 13 heavy (non-hydrogen) atoms. The van der Waals surface area contributed by atoms with E-state index in [1.807, 2.05) is 12.1 Å². The molecule has 0 spiro atoms. The number of hydrogen-bond acceptors (Lipinski definition) is 2. The highest BCUT2D eigenvalue weighted by Crippen LogP contribution is 2.52. The van der Waals surface area contributed by atoms with Crippen LogP contribution in [-0.4, -0.2) is 16.2 Å². The van der Waals surface area contributed by atoms with Crippen molar-refractivity contribution in [3.8, 4) is 0 Å². The number of fused-ring (bicyclic) bond motifs is 5. The lowest BCUT2D eigenvalue weighted by Gasteiger charge is -2.18. The summed E-state index contributed by atoms with van der Waals surface area (Å²) in [7, 11) is 0. The SMILES string of the molecule is O[C@@H]1C[C@@H]2C[C@H]1c1ccc(Cl)nc12. The Hall–Kier alpha value is -0.600. The lowest BCUT2D eigenvalue weighted by molar-refractivity contribution is 0.158. The van der Waals surface area contributed by atoms with E-state index < -0.39 is 0 Å². The van der Waals surface area contributed by atoms with E-state index in [1.165, 1.54) is 5.56 Å². The number of aliphatic hydroxyl groups is 1. The van der Waals surface area contributed by atoms with E-state index in [9.17, 15) is 5.11 Å². The van der Waals surface area contributed by atoms with Gasteiger partial charge in [0.05, 0.1) is 6.10 Å². The van der Waals surface area contributed by atoms with Crippen molar-refractivity contribution in [2.75, 3.05) is 0 Å². The molecule has 3 heteroatoms. The Balaban J connectivity index is 2.16. The minimum Gasteiger partial charge on any atom is -0.392 e. The third kappa shape index (κ3) is 0.960. The highest BCUT2D eigenvalue weighted by molar-refractivity contribution is 6.29. The van der Waals surface area contributed by atoms with Crippen LogP contribution in [0.25, 0.3) is 0 Å². The summed E-state index contributed by atoms with van der Waals surface area (Å²) in [6.07, 6.45) is 1.77. The van der Waals surface area contributed by atoms with Crippen molar-refractivity contribution < 1.29 is 5.11 Å². The number of rotatable bonds is 0. The molecule has 0 unspecified atom stereocenters. The number of nitrogens with zero attached hydrogens (tertiary/aromatic N) is 1. The van der Waals surface area contributed by atoms with Crippen LogP contribution in [0.15, 0.2) is 12.1 Å². The van der Waals surface area contributed by atoms with E-state index in [0.717, 1.165) is 18.5 Å². The zero-order chi connectivity index (χ0) is 9.00. The largest absolute Gasteiger partial charge is 0.392 e. The number of pyridine rings is 1. The van der Waals surface area contributed by atoms with Crippen molar-refractivity contribution in [2.24, 2.45) is 0 Å². The van der Waals surface area contributed by atoms with Gasteiger partial charge in [0.15, 0.2) is 0 Å². The molecule has 1 aromatic rings. The summed E-state index contributed by atoms with van der Waals surface area (Å²) in [5.74, 6) is 0.776. The summed E-state index contributed by atoms with van der Waals surface area (Å²) in [5.41, 5.74) is 2.34. The smallest absolute Gasteiger partial charge is 0.129 e. The minimum absolute atomic E-state index is 0.152. The molecule has 0 radical (unpaired) electrons. The van der Waals surface area contributed by atoms with Crippen LogP contribution in [0.1, 0.15) is 35.9 Å². The van der Waals surface area contributed by atoms with Gasteiger partial charge in [-0.3, -0.25) is 0 Å². The van der Waals surface area contributed by atoms with Crippen molar-refractivity contribution in [3.63, 3.8) is 0 Å². The van der Waals surface area contributed by atoms with Crippen molar-refractivity contribution in [1.29, 1.82) is 0 Å². The molecule has 1 heterocycles. The maximum Gasteiger partial charge on any atom is 0.129 e. The Morgan fingerprint density at radius 1 is 1.38 bits per heavy atom. The summed E-state index contributed by atoms with van der Waals surface area (Å²) in [6, 6.07) is 3.82. The van der Waals surface area contributed by atoms with E-state index in [1.54, 1.807) is 0 Å². The lowest BCUT2D eigenvalue weighted by atomic mass is 9.94. The molecule has 1 saturated carbocycles. The van der Waals surface area contributed by atoms with Crippen LogP contribution in [0.4, 0.5) is 0 Å². The van der Waals surface area contributed by atoms with Gasteiger partial charge in [0.2, 0.25) is 0 Å². The Labute approximate surface area is 81.6 Å². The van der Waals surface area contributed by atoms with Crippen LogP contribution < -0.4 is 0 Å². The van der Waals surface area contributed by atoms with E-state index in [-0.39, 0.29) is 6.10 Å². The van der Waals surface area contributed by atoms with Gasteiger partial charge in [-0.2, -0.15) is 0 Å². The molecule has 2 bridgehead atoms. The van der Waals surface area contributed by atoms with Gasteiger partial charge in [-0.05, 0) is 24.5 Å². The Bertz CT molecular complexity index is 366. The van der Waals surface area contributed by atoms with Gasteiger partial charge in [0.25, 0.3) is 0 Å². The molecule has 0 aliphatic heterocycles. The molecule has 1 fully saturated rings. The van der Waals surface area contributed by atoms with Gasteiger partial charge < -0.3 is 5.11 Å². The summed E-state index contributed by atoms with van der Waals surface area (Å²) in [6.45, 7) is 0. The predicted octanol–water partition coefficient (Wildman–Crippen LogP) is 2.07. The second-order valence-corrected chi connectivity index (χ2v) is 4.34. The summed E-state index contributed by atoms with van der Waals surface area (Å²) in [5, 5.41) is 10.2. The maximum absolute atomic E-state index is 9.67. The van der Waals surface area contributed by atoms with Crippen LogP contribution >= 0.6 is 11.6 Å². The summed E-state index contributed by atoms with van der Waals surface area (Å²) < 4.78 is 0. The summed E-state index contributed by atoms with van der Waals surface area (Å²) in [4.78, 5) is 4.33. The number of halogens is 1. The highest BCUT2D eigenvalue weighted by Gasteiger charge is 2.43. The third-order valence-electron chi connectivity index (χ3n) is 3.24. The zero-order valence-electron chi connectivity index (χ0n) is 7.07. The van der Waals surface area contributed by atoms with Crippen LogP contribution in [0.5, 0.6) is 0 Å². The molecule has 0 aromatic carbocycles. The molecule has 2 aliphatic carbocycles. The van der Waals surface area contributed by atoms with Gasteiger partial charge in [0.1, 0.15) is 5.15 Å². The standard InChI is InChI=1S/C10H10ClNO/c11-9-2-1-6-7-3-5(4-8(7)13)10(6)12-9/h1-2,5,7-8,13H,3-4H2/t5-,7-,8+/m0/s1. The molecule has 1 N–H and O–H groups in total. The fraction of sp³-hybridized carbons (Fsp3) is 0.500. The molecule has 2 aliphatic rings. The highest BCUT2D eigenvalue weighted by atomic mass is 35.5. The topological polar surface area (TPSA) is 33.1 Å². The van der Waals surface area contributed by atoms with E-state index in [2.05, 4.69) is 4.98 Å². The first-order valence-corrected chi connectivity index (χ1v) is 4.98. The second-order valence-electron chi connectivity index (χ2n) is 3.95. The summed E-state index contributed by atoms with van der Waals surface area (Å²) >= 11 is 5.82. The van der Waals surface area contributed by atoms with Gasteiger partial charge >= 0.3 is 0 Å². The first-order chi connectivity index (χ1) is 6.25. The molecule has 2 nitrogen and oxygen atoms in total. The fourth-order valence-corrected chi connectivity index (χ4v) is 2.83. The fourth-order valence-electron chi connectivity index (χ4n) is 2.67. The van der Waals surface area contributed by atoms with Crippen LogP contribution in [0.2, 0.25) is 5.15 Å². The number of aliphatic hydroxyl groups excluding tert-OH is 1. The Morgan fingerprint density at radius 3 is 3.08 bits per heavy atom. The molecular formula is C10H10ClNO. The van der Waals surface area contributed by atoms with Crippen LogP contribution in [0, 0.1) is 0 Å². The van der Waals surface area contributed by atoms with Crippen LogP contribution in [-0.2, 0) is 0 Å². The van der Waals surface area contributed by atoms with E-state index in [0.29, 0.717) is 17.0 Å². The first-order valence-electron chi connectivity index (χ1n) is 4.60. The average Bonchev–Trinajstić information content (AvgIpc) is 2.61. The van der Waals surface area contributed by atoms with Gasteiger partial charge in [-0.1, -0.05) is 17.7 Å². The minimum atomic E-state index is -0.152. The zero-order valence-corrected chi connectivity index (χ0v) is 7.83. The lowest BCUT2D eigenvalue weighted by Crippen LogP contribution is -2.15. The van der Waals surface area contributed by atoms with Gasteiger partial charge in [-0.25, -0.2) is 4.98 Å². The van der Waals surface area contributed by atoms with Gasteiger partial charge in [0, 0.05) is 17.5 Å². The van der Waals surface area contributed by atoms with Crippen LogP contribution in [0.3, 0.4) is 0 Å². The van der Waals surface area contributed by atoms with E-state index >= 15 is 0 Å². The Kier molecular flexibility index (Phi) is 1.47.